The van der Waals surface area contributed by atoms with Gasteiger partial charge >= 0.3 is 0 Å². The lowest BCUT2D eigenvalue weighted by molar-refractivity contribution is 0.0817. The molecule has 6 heteroatoms. The molecule has 148 valence electrons. The lowest BCUT2D eigenvalue weighted by Gasteiger charge is -2.40. The smallest absolute Gasteiger partial charge is 0.240 e. The average molecular weight is 399 g/mol. The number of fused-ring (bicyclic) bond motifs is 1. The molecule has 2 aromatic carbocycles. The van der Waals surface area contributed by atoms with E-state index in [-0.39, 0.29) is 16.5 Å². The highest BCUT2D eigenvalue weighted by Gasteiger charge is 2.36. The second-order valence-corrected chi connectivity index (χ2v) is 9.49. The average Bonchev–Trinajstić information content (AvgIpc) is 2.67. The summed E-state index contributed by atoms with van der Waals surface area (Å²) in [6.07, 6.45) is 4.05. The first-order valence-corrected chi connectivity index (χ1v) is 11.2. The minimum absolute atomic E-state index is 0.144. The van der Waals surface area contributed by atoms with Crippen LogP contribution in [0.25, 0.3) is 5.57 Å². The number of hydrogen-bond acceptors (Lipinski definition) is 4. The first kappa shape index (κ1) is 19.2. The zero-order valence-electron chi connectivity index (χ0n) is 16.2. The third-order valence-corrected chi connectivity index (χ3v) is 6.89. The number of piperidine rings is 1. The van der Waals surface area contributed by atoms with Crippen LogP contribution in [-0.2, 0) is 10.0 Å². The number of nitrogens with one attached hydrogen (secondary N) is 2. The van der Waals surface area contributed by atoms with Crippen LogP contribution in [0.1, 0.15) is 37.8 Å². The van der Waals surface area contributed by atoms with Crippen LogP contribution in [-0.4, -0.2) is 33.2 Å². The Morgan fingerprint density at radius 2 is 1.71 bits per heavy atom. The fourth-order valence-electron chi connectivity index (χ4n) is 3.89. The molecule has 1 saturated heterocycles. The maximum absolute atomic E-state index is 12.4. The van der Waals surface area contributed by atoms with Gasteiger partial charge in [0.05, 0.1) is 4.90 Å². The van der Waals surface area contributed by atoms with Crippen molar-refractivity contribution in [3.63, 3.8) is 0 Å². The van der Waals surface area contributed by atoms with E-state index in [2.05, 4.69) is 22.2 Å². The Kier molecular flexibility index (Phi) is 5.04. The van der Waals surface area contributed by atoms with E-state index in [1.165, 1.54) is 0 Å². The molecule has 0 unspecified atom stereocenters. The molecule has 2 aliphatic rings. The molecule has 0 aliphatic carbocycles. The van der Waals surface area contributed by atoms with Gasteiger partial charge in [-0.3, -0.25) is 0 Å². The monoisotopic (exact) mass is 398 g/mol. The molecule has 0 atom stereocenters. The van der Waals surface area contributed by atoms with Crippen LogP contribution in [0, 0.1) is 0 Å². The third-order valence-electron chi connectivity index (χ3n) is 5.21. The van der Waals surface area contributed by atoms with Crippen LogP contribution in [0.15, 0.2) is 59.5 Å². The minimum Gasteiger partial charge on any atom is -0.482 e. The minimum atomic E-state index is -3.50. The van der Waals surface area contributed by atoms with Crippen molar-refractivity contribution in [1.82, 2.24) is 10.0 Å². The molecule has 2 N–H and O–H groups in total. The molecule has 1 fully saturated rings. The van der Waals surface area contributed by atoms with Gasteiger partial charge in [-0.15, -0.1) is 0 Å². The lowest BCUT2D eigenvalue weighted by atomic mass is 9.83. The van der Waals surface area contributed by atoms with Crippen LogP contribution in [0.4, 0.5) is 0 Å². The second kappa shape index (κ2) is 7.35. The fraction of sp³-hybridized carbons (Fsp3) is 0.364. The number of hydrogen-bond donors (Lipinski definition) is 2. The normalized spacial score (nSPS) is 18.5. The van der Waals surface area contributed by atoms with Gasteiger partial charge in [-0.1, -0.05) is 30.3 Å². The van der Waals surface area contributed by atoms with Gasteiger partial charge in [-0.2, -0.15) is 0 Å². The van der Waals surface area contributed by atoms with E-state index in [0.29, 0.717) is 0 Å². The molecule has 0 aromatic heterocycles. The molecule has 0 saturated carbocycles. The summed E-state index contributed by atoms with van der Waals surface area (Å²) in [6.45, 7) is 5.47. The van der Waals surface area contributed by atoms with E-state index < -0.39 is 10.0 Å². The van der Waals surface area contributed by atoms with Gasteiger partial charge in [-0.25, -0.2) is 13.1 Å². The molecular formula is C22H26N2O3S. The summed E-state index contributed by atoms with van der Waals surface area (Å²) in [7, 11) is -3.50. The highest BCUT2D eigenvalue weighted by atomic mass is 32.2. The zero-order chi connectivity index (χ0) is 19.8. The summed E-state index contributed by atoms with van der Waals surface area (Å²) in [4.78, 5) is 0.280. The summed E-state index contributed by atoms with van der Waals surface area (Å²) in [6, 6.07) is 15.0. The molecule has 0 amide bonds. The highest BCUT2D eigenvalue weighted by molar-refractivity contribution is 7.89. The van der Waals surface area contributed by atoms with Crippen LogP contribution in [0.5, 0.6) is 5.75 Å². The van der Waals surface area contributed by atoms with Crippen LogP contribution < -0.4 is 14.8 Å². The van der Waals surface area contributed by atoms with E-state index >= 15 is 0 Å². The Morgan fingerprint density at radius 3 is 2.39 bits per heavy atom. The van der Waals surface area contributed by atoms with Gasteiger partial charge in [0.15, 0.2) is 0 Å². The third kappa shape index (κ3) is 3.72. The molecule has 2 heterocycles. The molecule has 2 aromatic rings. The Morgan fingerprint density at radius 1 is 1.04 bits per heavy atom. The first-order chi connectivity index (χ1) is 13.4. The van der Waals surface area contributed by atoms with Gasteiger partial charge in [0.25, 0.3) is 0 Å². The maximum atomic E-state index is 12.4. The van der Waals surface area contributed by atoms with Gasteiger partial charge in [0.2, 0.25) is 10.0 Å². The largest absolute Gasteiger partial charge is 0.482 e. The predicted octanol–water partition coefficient (Wildman–Crippen LogP) is 3.32. The van der Waals surface area contributed by atoms with Crippen LogP contribution in [0.3, 0.4) is 0 Å². The van der Waals surface area contributed by atoms with E-state index in [9.17, 15) is 8.42 Å². The van der Waals surface area contributed by atoms with Crippen molar-refractivity contribution in [2.45, 2.75) is 43.2 Å². The van der Waals surface area contributed by atoms with Crippen molar-refractivity contribution in [3.8, 4) is 5.75 Å². The maximum Gasteiger partial charge on any atom is 0.240 e. The molecule has 2 aliphatic heterocycles. The molecule has 0 radical (unpaired) electrons. The van der Waals surface area contributed by atoms with Crippen molar-refractivity contribution < 1.29 is 13.2 Å². The Balaban J connectivity index is 1.74. The number of benzene rings is 2. The summed E-state index contributed by atoms with van der Waals surface area (Å²) in [5.74, 6) is 0.889. The van der Waals surface area contributed by atoms with Gasteiger partial charge in [0, 0.05) is 24.4 Å². The Labute approximate surface area is 166 Å². The van der Waals surface area contributed by atoms with Crippen molar-refractivity contribution in [2.75, 3.05) is 13.1 Å². The van der Waals surface area contributed by atoms with Gasteiger partial charge < -0.3 is 10.1 Å². The summed E-state index contributed by atoms with van der Waals surface area (Å²) in [5, 5.41) is 3.39. The zero-order valence-corrected chi connectivity index (χ0v) is 17.1. The lowest BCUT2D eigenvalue weighted by Crippen LogP contribution is -2.46. The molecule has 28 heavy (non-hydrogen) atoms. The Bertz CT molecular complexity index is 989. The van der Waals surface area contributed by atoms with Crippen molar-refractivity contribution in [1.29, 1.82) is 0 Å². The van der Waals surface area contributed by atoms with Crippen molar-refractivity contribution in [3.05, 3.63) is 65.7 Å². The van der Waals surface area contributed by atoms with Crippen LogP contribution in [0.2, 0.25) is 0 Å². The van der Waals surface area contributed by atoms with E-state index in [4.69, 9.17) is 4.74 Å². The van der Waals surface area contributed by atoms with Gasteiger partial charge in [-0.05, 0) is 62.3 Å². The van der Waals surface area contributed by atoms with Gasteiger partial charge in [0.1, 0.15) is 11.4 Å². The number of sulfonamides is 1. The highest BCUT2D eigenvalue weighted by Crippen LogP contribution is 2.42. The van der Waals surface area contributed by atoms with E-state index in [0.717, 1.165) is 48.4 Å². The molecule has 5 nitrogen and oxygen atoms in total. The quantitative estimate of drug-likeness (QED) is 0.829. The van der Waals surface area contributed by atoms with Crippen LogP contribution >= 0.6 is 0 Å². The molecule has 0 bridgehead atoms. The van der Waals surface area contributed by atoms with Crippen molar-refractivity contribution in [2.24, 2.45) is 0 Å². The SMILES string of the molecule is CC(C)NS(=O)(=O)c1ccc(C2=CC3(CCNCC3)Oc3ccccc32)cc1. The topological polar surface area (TPSA) is 67.4 Å². The predicted molar refractivity (Wildman–Crippen MR) is 111 cm³/mol. The first-order valence-electron chi connectivity index (χ1n) is 9.73. The van der Waals surface area contributed by atoms with E-state index in [1.807, 2.05) is 44.2 Å². The second-order valence-electron chi connectivity index (χ2n) is 7.77. The summed E-state index contributed by atoms with van der Waals surface area (Å²) in [5.41, 5.74) is 2.84. The summed E-state index contributed by atoms with van der Waals surface area (Å²) < 4.78 is 33.9. The molecule has 1 spiro atoms. The number of para-hydroxylation sites is 1. The number of ether oxygens (including phenoxy) is 1. The van der Waals surface area contributed by atoms with E-state index in [1.54, 1.807) is 12.1 Å². The Hall–Kier alpha value is -2.15. The molecule has 4 rings (SSSR count). The number of rotatable bonds is 4. The summed E-state index contributed by atoms with van der Waals surface area (Å²) >= 11 is 0. The fourth-order valence-corrected chi connectivity index (χ4v) is 5.15. The standard InChI is InChI=1S/C22H26N2O3S/c1-16(2)24-28(25,26)18-9-7-17(8-10-18)20-15-22(11-13-23-14-12-22)27-21-6-4-3-5-19(20)21/h3-10,15-16,23-24H,11-14H2,1-2H3. The molecular weight excluding hydrogens is 372 g/mol. The van der Waals surface area contributed by atoms with Crippen molar-refractivity contribution >= 4 is 15.6 Å².